The number of allylic oxidation sites excluding steroid dienone is 1. The number of ether oxygens (including phenoxy) is 2. The van der Waals surface area contributed by atoms with Gasteiger partial charge >= 0.3 is 0 Å². The number of methoxy groups -OCH3 is 1. The highest BCUT2D eigenvalue weighted by molar-refractivity contribution is 6.32. The molecule has 1 aromatic rings. The van der Waals surface area contributed by atoms with Gasteiger partial charge < -0.3 is 14.8 Å². The molecule has 0 radical (unpaired) electrons. The van der Waals surface area contributed by atoms with E-state index in [9.17, 15) is 0 Å². The quantitative estimate of drug-likeness (QED) is 0.519. The molecule has 0 atom stereocenters. The lowest BCUT2D eigenvalue weighted by Gasteiger charge is -2.14. The second-order valence-electron chi connectivity index (χ2n) is 4.57. The van der Waals surface area contributed by atoms with Crippen LogP contribution in [0.15, 0.2) is 24.8 Å². The Morgan fingerprint density at radius 1 is 1.40 bits per heavy atom. The third kappa shape index (κ3) is 5.43. The minimum absolute atomic E-state index is 0.594. The lowest BCUT2D eigenvalue weighted by molar-refractivity contribution is 0.290. The average Bonchev–Trinajstić information content (AvgIpc) is 2.45. The first-order chi connectivity index (χ1) is 9.72. The fraction of sp³-hybridized carbons (Fsp3) is 0.500. The molecule has 0 amide bonds. The average molecular weight is 298 g/mol. The van der Waals surface area contributed by atoms with Gasteiger partial charge in [0.2, 0.25) is 0 Å². The largest absolute Gasteiger partial charge is 0.493 e. The van der Waals surface area contributed by atoms with Crippen LogP contribution in [0.2, 0.25) is 5.02 Å². The van der Waals surface area contributed by atoms with Crippen LogP contribution < -0.4 is 14.8 Å². The number of unbranched alkanes of at least 4 members (excludes halogenated alkanes) is 1. The second kappa shape index (κ2) is 9.67. The molecule has 112 valence electrons. The van der Waals surface area contributed by atoms with Crippen LogP contribution in [-0.2, 0) is 6.54 Å². The van der Waals surface area contributed by atoms with Crippen molar-refractivity contribution in [2.24, 2.45) is 0 Å². The van der Waals surface area contributed by atoms with Gasteiger partial charge in [0, 0.05) is 6.54 Å². The van der Waals surface area contributed by atoms with Gasteiger partial charge in [-0.15, -0.1) is 6.58 Å². The van der Waals surface area contributed by atoms with Crippen LogP contribution in [0, 0.1) is 0 Å². The second-order valence-corrected chi connectivity index (χ2v) is 4.97. The number of hydrogen-bond acceptors (Lipinski definition) is 3. The van der Waals surface area contributed by atoms with E-state index in [2.05, 4.69) is 18.8 Å². The molecule has 0 aliphatic heterocycles. The summed E-state index contributed by atoms with van der Waals surface area (Å²) in [5, 5.41) is 3.94. The van der Waals surface area contributed by atoms with Crippen molar-refractivity contribution in [3.05, 3.63) is 35.4 Å². The molecule has 0 aliphatic rings. The van der Waals surface area contributed by atoms with E-state index in [0.717, 1.165) is 37.9 Å². The number of hydrogen-bond donors (Lipinski definition) is 1. The number of benzene rings is 1. The first-order valence-corrected chi connectivity index (χ1v) is 7.41. The van der Waals surface area contributed by atoms with Crippen LogP contribution in [-0.4, -0.2) is 20.3 Å². The van der Waals surface area contributed by atoms with Gasteiger partial charge in [0.25, 0.3) is 0 Å². The maximum absolute atomic E-state index is 6.29. The predicted octanol–water partition coefficient (Wildman–Crippen LogP) is 4.19. The summed E-state index contributed by atoms with van der Waals surface area (Å²) in [5.41, 5.74) is 1.10. The zero-order chi connectivity index (χ0) is 14.8. The standard InChI is InChI=1S/C16H24ClNO2/c1-4-6-7-9-20-16-14(17)10-13(11-15(16)19-3)12-18-8-5-2/h4,10-11,18H,1,5-9,12H2,2-3H3. The molecule has 1 aromatic carbocycles. The van der Waals surface area contributed by atoms with E-state index in [-0.39, 0.29) is 0 Å². The Bertz CT molecular complexity index is 421. The van der Waals surface area contributed by atoms with Crippen molar-refractivity contribution in [2.45, 2.75) is 32.7 Å². The number of rotatable bonds is 10. The highest BCUT2D eigenvalue weighted by Gasteiger charge is 2.11. The highest BCUT2D eigenvalue weighted by atomic mass is 35.5. The summed E-state index contributed by atoms with van der Waals surface area (Å²) in [6.45, 7) is 8.20. The van der Waals surface area contributed by atoms with Gasteiger partial charge in [-0.2, -0.15) is 0 Å². The highest BCUT2D eigenvalue weighted by Crippen LogP contribution is 2.36. The van der Waals surface area contributed by atoms with E-state index in [0.29, 0.717) is 23.1 Å². The normalized spacial score (nSPS) is 10.3. The summed E-state index contributed by atoms with van der Waals surface area (Å²) in [4.78, 5) is 0. The molecule has 0 aliphatic carbocycles. The number of halogens is 1. The van der Waals surface area contributed by atoms with Gasteiger partial charge in [-0.1, -0.05) is 24.6 Å². The summed E-state index contributed by atoms with van der Waals surface area (Å²) >= 11 is 6.29. The summed E-state index contributed by atoms with van der Waals surface area (Å²) in [5.74, 6) is 1.31. The van der Waals surface area contributed by atoms with E-state index in [1.165, 1.54) is 0 Å². The Hall–Kier alpha value is -1.19. The fourth-order valence-corrected chi connectivity index (χ4v) is 2.11. The maximum atomic E-state index is 6.29. The van der Waals surface area contributed by atoms with E-state index in [1.807, 2.05) is 18.2 Å². The van der Waals surface area contributed by atoms with Crippen molar-refractivity contribution in [3.8, 4) is 11.5 Å². The molecule has 0 saturated carbocycles. The third-order valence-electron chi connectivity index (χ3n) is 2.84. The minimum atomic E-state index is 0.594. The van der Waals surface area contributed by atoms with Crippen molar-refractivity contribution >= 4 is 11.6 Å². The third-order valence-corrected chi connectivity index (χ3v) is 3.12. The lowest BCUT2D eigenvalue weighted by atomic mass is 10.2. The fourth-order valence-electron chi connectivity index (χ4n) is 1.83. The molecular weight excluding hydrogens is 274 g/mol. The summed E-state index contributed by atoms with van der Waals surface area (Å²) in [6, 6.07) is 3.90. The Labute approximate surface area is 126 Å². The molecule has 0 aromatic heterocycles. The van der Waals surface area contributed by atoms with Crippen LogP contribution >= 0.6 is 11.6 Å². The minimum Gasteiger partial charge on any atom is -0.493 e. The summed E-state index contributed by atoms with van der Waals surface area (Å²) in [6.07, 6.45) is 4.84. The van der Waals surface area contributed by atoms with Crippen LogP contribution in [0.1, 0.15) is 31.7 Å². The zero-order valence-corrected chi connectivity index (χ0v) is 13.1. The lowest BCUT2D eigenvalue weighted by Crippen LogP contribution is -2.14. The Morgan fingerprint density at radius 3 is 2.85 bits per heavy atom. The van der Waals surface area contributed by atoms with Crippen molar-refractivity contribution in [2.75, 3.05) is 20.3 Å². The maximum Gasteiger partial charge on any atom is 0.179 e. The smallest absolute Gasteiger partial charge is 0.179 e. The van der Waals surface area contributed by atoms with Crippen LogP contribution in [0.4, 0.5) is 0 Å². The van der Waals surface area contributed by atoms with E-state index < -0.39 is 0 Å². The molecule has 4 heteroatoms. The van der Waals surface area contributed by atoms with E-state index in [1.54, 1.807) is 7.11 Å². The number of nitrogens with one attached hydrogen (secondary N) is 1. The molecule has 0 heterocycles. The van der Waals surface area contributed by atoms with Crippen molar-refractivity contribution in [1.29, 1.82) is 0 Å². The molecule has 0 spiro atoms. The molecule has 3 nitrogen and oxygen atoms in total. The summed E-state index contributed by atoms with van der Waals surface area (Å²) in [7, 11) is 1.63. The van der Waals surface area contributed by atoms with E-state index >= 15 is 0 Å². The topological polar surface area (TPSA) is 30.5 Å². The molecule has 0 bridgehead atoms. The Kier molecular flexibility index (Phi) is 8.16. The van der Waals surface area contributed by atoms with Gasteiger partial charge in [-0.25, -0.2) is 0 Å². The van der Waals surface area contributed by atoms with Crippen LogP contribution in [0.5, 0.6) is 11.5 Å². The first kappa shape index (κ1) is 16.9. The molecule has 20 heavy (non-hydrogen) atoms. The van der Waals surface area contributed by atoms with Gasteiger partial charge in [-0.05, 0) is 43.5 Å². The summed E-state index contributed by atoms with van der Waals surface area (Å²) < 4.78 is 11.1. The Balaban J connectivity index is 2.71. The first-order valence-electron chi connectivity index (χ1n) is 7.03. The van der Waals surface area contributed by atoms with Crippen molar-refractivity contribution < 1.29 is 9.47 Å². The molecule has 0 saturated heterocycles. The van der Waals surface area contributed by atoms with Gasteiger partial charge in [0.15, 0.2) is 11.5 Å². The zero-order valence-electron chi connectivity index (χ0n) is 12.4. The van der Waals surface area contributed by atoms with Gasteiger partial charge in [0.1, 0.15) is 0 Å². The SMILES string of the molecule is C=CCCCOc1c(Cl)cc(CNCCC)cc1OC. The van der Waals surface area contributed by atoms with Crippen LogP contribution in [0.25, 0.3) is 0 Å². The van der Waals surface area contributed by atoms with Gasteiger partial charge in [-0.3, -0.25) is 0 Å². The monoisotopic (exact) mass is 297 g/mol. The molecule has 0 unspecified atom stereocenters. The molecular formula is C16H24ClNO2. The molecule has 1 N–H and O–H groups in total. The van der Waals surface area contributed by atoms with Crippen molar-refractivity contribution in [3.63, 3.8) is 0 Å². The molecule has 1 rings (SSSR count). The van der Waals surface area contributed by atoms with Crippen molar-refractivity contribution in [1.82, 2.24) is 5.32 Å². The van der Waals surface area contributed by atoms with E-state index in [4.69, 9.17) is 21.1 Å². The van der Waals surface area contributed by atoms with Crippen LogP contribution in [0.3, 0.4) is 0 Å². The Morgan fingerprint density at radius 2 is 2.20 bits per heavy atom. The predicted molar refractivity (Wildman–Crippen MR) is 84.9 cm³/mol. The molecule has 0 fully saturated rings. The van der Waals surface area contributed by atoms with Gasteiger partial charge in [0.05, 0.1) is 18.7 Å².